The number of benzene rings is 11. The maximum atomic E-state index is 2.43. The lowest BCUT2D eigenvalue weighted by Gasteiger charge is -2.29. The highest BCUT2D eigenvalue weighted by Crippen LogP contribution is 2.50. The van der Waals surface area contributed by atoms with Crippen LogP contribution in [0.2, 0.25) is 0 Å². The molecule has 2 nitrogen and oxygen atoms in total. The monoisotopic (exact) mass is 880 g/mol. The fourth-order valence-electron chi connectivity index (χ4n) is 11.1. The van der Waals surface area contributed by atoms with Gasteiger partial charge in [-0.05, 0) is 145 Å². The van der Waals surface area contributed by atoms with Gasteiger partial charge in [0.25, 0.3) is 0 Å². The number of nitrogens with zero attached hydrogens (tertiary/aromatic N) is 2. The minimum absolute atomic E-state index is 0.0654. The number of anilines is 3. The van der Waals surface area contributed by atoms with Gasteiger partial charge in [0.2, 0.25) is 0 Å². The van der Waals surface area contributed by atoms with E-state index in [1.54, 1.807) is 0 Å². The molecule has 0 bridgehead atoms. The van der Waals surface area contributed by atoms with E-state index >= 15 is 0 Å². The molecule has 1 heterocycles. The maximum absolute atomic E-state index is 2.43. The molecule has 2 heteroatoms. The van der Waals surface area contributed by atoms with Crippen molar-refractivity contribution in [3.8, 4) is 61.3 Å². The number of rotatable bonds is 8. The van der Waals surface area contributed by atoms with Crippen molar-refractivity contribution in [2.75, 3.05) is 4.90 Å². The summed E-state index contributed by atoms with van der Waals surface area (Å²) in [6, 6.07) is 93.7. The lowest BCUT2D eigenvalue weighted by Crippen LogP contribution is -2.14. The van der Waals surface area contributed by atoms with Crippen molar-refractivity contribution in [2.45, 2.75) is 19.3 Å². The van der Waals surface area contributed by atoms with Crippen LogP contribution in [0.15, 0.2) is 255 Å². The summed E-state index contributed by atoms with van der Waals surface area (Å²) in [6.07, 6.45) is 0. The van der Waals surface area contributed by atoms with E-state index in [4.69, 9.17) is 0 Å². The molecule has 326 valence electrons. The van der Waals surface area contributed by atoms with Crippen LogP contribution >= 0.6 is 0 Å². The van der Waals surface area contributed by atoms with Gasteiger partial charge in [0.05, 0.1) is 16.7 Å². The first-order valence-corrected chi connectivity index (χ1v) is 24.0. The van der Waals surface area contributed by atoms with Gasteiger partial charge < -0.3 is 9.47 Å². The zero-order chi connectivity index (χ0) is 46.1. The Hall–Kier alpha value is -8.72. The number of hydrogen-bond acceptors (Lipinski definition) is 1. The smallest absolute Gasteiger partial charge is 0.0541 e. The Morgan fingerprint density at radius 2 is 0.841 bits per heavy atom. The molecule has 0 fully saturated rings. The van der Waals surface area contributed by atoms with Crippen LogP contribution in [0.4, 0.5) is 17.1 Å². The summed E-state index contributed by atoms with van der Waals surface area (Å²) in [4.78, 5) is 2.43. The van der Waals surface area contributed by atoms with Crippen LogP contribution in [-0.4, -0.2) is 4.57 Å². The SMILES string of the molecule is CC1(C)c2ccccc2-c2ccc(-c3ccc(N(c4ccc(-c5ccc6ccccc6c5)cc4)c4ccc(-c5cccc(-n6c7ccccc7c7ccccc76)c5)cc4-c4ccccc4)cc3)cc21. The van der Waals surface area contributed by atoms with E-state index in [2.05, 4.69) is 278 Å². The third kappa shape index (κ3) is 6.87. The van der Waals surface area contributed by atoms with Gasteiger partial charge in [-0.2, -0.15) is 0 Å². The molecule has 0 amide bonds. The molecule has 0 spiro atoms. The highest BCUT2D eigenvalue weighted by atomic mass is 15.1. The summed E-state index contributed by atoms with van der Waals surface area (Å²) in [5.74, 6) is 0. The lowest BCUT2D eigenvalue weighted by molar-refractivity contribution is 0.660. The average molecular weight is 881 g/mol. The summed E-state index contributed by atoms with van der Waals surface area (Å²) in [5.41, 5.74) is 21.7. The number of fused-ring (bicyclic) bond motifs is 7. The highest BCUT2D eigenvalue weighted by Gasteiger charge is 2.35. The van der Waals surface area contributed by atoms with Crippen molar-refractivity contribution < 1.29 is 0 Å². The Labute approximate surface area is 403 Å². The third-order valence-electron chi connectivity index (χ3n) is 14.6. The summed E-state index contributed by atoms with van der Waals surface area (Å²) < 4.78 is 2.40. The zero-order valence-corrected chi connectivity index (χ0v) is 38.6. The van der Waals surface area contributed by atoms with Crippen molar-refractivity contribution in [3.63, 3.8) is 0 Å². The van der Waals surface area contributed by atoms with Gasteiger partial charge in [0.1, 0.15) is 0 Å². The normalized spacial score (nSPS) is 12.6. The van der Waals surface area contributed by atoms with Gasteiger partial charge in [-0.3, -0.25) is 0 Å². The molecule has 0 unspecified atom stereocenters. The van der Waals surface area contributed by atoms with E-state index in [1.807, 2.05) is 0 Å². The van der Waals surface area contributed by atoms with Crippen molar-refractivity contribution in [1.82, 2.24) is 4.57 Å². The summed E-state index contributed by atoms with van der Waals surface area (Å²) in [7, 11) is 0. The quantitative estimate of drug-likeness (QED) is 0.148. The van der Waals surface area contributed by atoms with Crippen LogP contribution in [0.5, 0.6) is 0 Å². The van der Waals surface area contributed by atoms with Crippen molar-refractivity contribution in [2.24, 2.45) is 0 Å². The van der Waals surface area contributed by atoms with Crippen molar-refractivity contribution in [1.29, 1.82) is 0 Å². The van der Waals surface area contributed by atoms with Gasteiger partial charge in [-0.1, -0.05) is 196 Å². The largest absolute Gasteiger partial charge is 0.310 e. The minimum atomic E-state index is -0.0654. The first-order valence-electron chi connectivity index (χ1n) is 24.0. The van der Waals surface area contributed by atoms with E-state index in [-0.39, 0.29) is 5.41 Å². The van der Waals surface area contributed by atoms with Crippen LogP contribution in [0.3, 0.4) is 0 Å². The standard InChI is InChI=1S/C67H48N2/c1-67(2)62-24-11-8-21-57(62)58-39-33-53(44-63(58)67)47-31-37-55(38-32-47)68(54-35-29-46(30-36-54)51-28-27-45-15-6-7-18-49(45)41-51)66-40-34-52(43-61(66)48-16-4-3-5-17-48)50-19-14-20-56(42-50)69-64-25-12-9-22-59(64)60-23-10-13-26-65(60)69/h3-44H,1-2H3. The van der Waals surface area contributed by atoms with Crippen LogP contribution in [0.1, 0.15) is 25.0 Å². The summed E-state index contributed by atoms with van der Waals surface area (Å²) >= 11 is 0. The number of para-hydroxylation sites is 2. The molecule has 0 atom stereocenters. The molecule has 1 aromatic heterocycles. The van der Waals surface area contributed by atoms with E-state index < -0.39 is 0 Å². The second-order valence-corrected chi connectivity index (χ2v) is 18.9. The molecular weight excluding hydrogens is 833 g/mol. The summed E-state index contributed by atoms with van der Waals surface area (Å²) in [5, 5.41) is 5.01. The van der Waals surface area contributed by atoms with Crippen LogP contribution in [0, 0.1) is 0 Å². The second-order valence-electron chi connectivity index (χ2n) is 18.9. The fraction of sp³-hybridized carbons (Fsp3) is 0.0448. The van der Waals surface area contributed by atoms with E-state index in [0.29, 0.717) is 0 Å². The number of hydrogen-bond donors (Lipinski definition) is 0. The first-order chi connectivity index (χ1) is 34.0. The molecule has 0 radical (unpaired) electrons. The Bertz CT molecular complexity index is 3860. The van der Waals surface area contributed by atoms with E-state index in [1.165, 1.54) is 77.1 Å². The van der Waals surface area contributed by atoms with Crippen LogP contribution in [0.25, 0.3) is 93.9 Å². The second kappa shape index (κ2) is 16.3. The topological polar surface area (TPSA) is 8.17 Å². The Kier molecular flexibility index (Phi) is 9.55. The Morgan fingerprint density at radius 3 is 1.57 bits per heavy atom. The van der Waals surface area contributed by atoms with E-state index in [9.17, 15) is 0 Å². The lowest BCUT2D eigenvalue weighted by atomic mass is 9.81. The summed E-state index contributed by atoms with van der Waals surface area (Å²) in [6.45, 7) is 4.71. The molecule has 11 aromatic carbocycles. The molecule has 0 saturated carbocycles. The Balaban J connectivity index is 0.937. The van der Waals surface area contributed by atoms with Crippen molar-refractivity contribution >= 4 is 49.6 Å². The average Bonchev–Trinajstić information content (AvgIpc) is 3.87. The van der Waals surface area contributed by atoms with Crippen LogP contribution in [-0.2, 0) is 5.41 Å². The van der Waals surface area contributed by atoms with Crippen LogP contribution < -0.4 is 4.90 Å². The molecule has 0 saturated heterocycles. The zero-order valence-electron chi connectivity index (χ0n) is 38.6. The molecule has 1 aliphatic carbocycles. The van der Waals surface area contributed by atoms with E-state index in [0.717, 1.165) is 45.0 Å². The van der Waals surface area contributed by atoms with Gasteiger partial charge in [0.15, 0.2) is 0 Å². The first kappa shape index (κ1) is 40.5. The fourth-order valence-corrected chi connectivity index (χ4v) is 11.1. The Morgan fingerprint density at radius 1 is 0.319 bits per heavy atom. The number of aromatic nitrogens is 1. The van der Waals surface area contributed by atoms with Gasteiger partial charge in [0, 0.05) is 38.8 Å². The molecular formula is C67H48N2. The van der Waals surface area contributed by atoms with Crippen molar-refractivity contribution in [3.05, 3.63) is 266 Å². The highest BCUT2D eigenvalue weighted by molar-refractivity contribution is 6.09. The predicted molar refractivity (Wildman–Crippen MR) is 292 cm³/mol. The van der Waals surface area contributed by atoms with Gasteiger partial charge in [-0.25, -0.2) is 0 Å². The molecule has 69 heavy (non-hydrogen) atoms. The third-order valence-corrected chi connectivity index (χ3v) is 14.6. The molecule has 13 rings (SSSR count). The minimum Gasteiger partial charge on any atom is -0.310 e. The molecule has 0 N–H and O–H groups in total. The molecule has 12 aromatic rings. The van der Waals surface area contributed by atoms with Gasteiger partial charge in [-0.15, -0.1) is 0 Å². The predicted octanol–water partition coefficient (Wildman–Crippen LogP) is 18.4. The molecule has 1 aliphatic rings. The van der Waals surface area contributed by atoms with Gasteiger partial charge >= 0.3 is 0 Å². The molecule has 0 aliphatic heterocycles. The maximum Gasteiger partial charge on any atom is 0.0541 e.